The van der Waals surface area contributed by atoms with E-state index in [2.05, 4.69) is 9.97 Å². The first kappa shape index (κ1) is 14.6. The topological polar surface area (TPSA) is 64.3 Å². The number of aromatic nitrogens is 2. The van der Waals surface area contributed by atoms with Crippen LogP contribution < -0.4 is 15.4 Å². The van der Waals surface area contributed by atoms with E-state index in [9.17, 15) is 0 Å². The van der Waals surface area contributed by atoms with Gasteiger partial charge in [0.2, 0.25) is 0 Å². The molecular weight excluding hydrogens is 276 g/mol. The van der Waals surface area contributed by atoms with Crippen molar-refractivity contribution in [2.75, 3.05) is 19.1 Å². The van der Waals surface area contributed by atoms with Crippen LogP contribution in [-0.2, 0) is 13.1 Å². The van der Waals surface area contributed by atoms with Gasteiger partial charge in [0, 0.05) is 20.1 Å². The minimum atomic E-state index is 0.295. The highest BCUT2D eigenvalue weighted by molar-refractivity contribution is 6.32. The lowest BCUT2D eigenvalue weighted by Crippen LogP contribution is -2.20. The Morgan fingerprint density at radius 2 is 2.00 bits per heavy atom. The molecule has 6 heteroatoms. The van der Waals surface area contributed by atoms with Crippen molar-refractivity contribution in [1.82, 2.24) is 9.97 Å². The van der Waals surface area contributed by atoms with Crippen molar-refractivity contribution in [3.05, 3.63) is 46.6 Å². The van der Waals surface area contributed by atoms with Crippen LogP contribution in [0, 0.1) is 0 Å². The van der Waals surface area contributed by atoms with Gasteiger partial charge in [-0.25, -0.2) is 4.98 Å². The van der Waals surface area contributed by atoms with Crippen molar-refractivity contribution in [1.29, 1.82) is 0 Å². The lowest BCUT2D eigenvalue weighted by Gasteiger charge is -2.21. The number of anilines is 1. The number of methoxy groups -OCH3 is 1. The Hall–Kier alpha value is -1.85. The molecule has 2 rings (SSSR count). The minimum absolute atomic E-state index is 0.295. The molecule has 1 aromatic carbocycles. The molecule has 0 fully saturated rings. The Bertz CT molecular complexity index is 591. The summed E-state index contributed by atoms with van der Waals surface area (Å²) in [6.45, 7) is 1.16. The highest BCUT2D eigenvalue weighted by atomic mass is 35.5. The monoisotopic (exact) mass is 292 g/mol. The summed E-state index contributed by atoms with van der Waals surface area (Å²) in [5.41, 5.74) is 8.00. The molecule has 0 saturated carbocycles. The van der Waals surface area contributed by atoms with Gasteiger partial charge in [-0.3, -0.25) is 0 Å². The Kier molecular flexibility index (Phi) is 4.76. The average molecular weight is 293 g/mol. The Balaban J connectivity index is 2.25. The second-order valence-electron chi connectivity index (χ2n) is 4.36. The maximum atomic E-state index is 6.14. The summed E-state index contributed by atoms with van der Waals surface area (Å²) >= 11 is 6.14. The van der Waals surface area contributed by atoms with Crippen LogP contribution in [0.1, 0.15) is 11.1 Å². The zero-order valence-corrected chi connectivity index (χ0v) is 12.3. The molecule has 0 aliphatic carbocycles. The van der Waals surface area contributed by atoms with Crippen molar-refractivity contribution in [3.63, 3.8) is 0 Å². The van der Waals surface area contributed by atoms with E-state index >= 15 is 0 Å². The van der Waals surface area contributed by atoms with Crippen molar-refractivity contribution >= 4 is 17.4 Å². The molecule has 5 nitrogen and oxygen atoms in total. The van der Waals surface area contributed by atoms with Crippen LogP contribution >= 0.6 is 11.6 Å². The van der Waals surface area contributed by atoms with E-state index in [4.69, 9.17) is 22.1 Å². The molecule has 1 aromatic heterocycles. The largest absolute Gasteiger partial charge is 0.467 e. The number of ether oxygens (including phenoxy) is 1. The maximum absolute atomic E-state index is 6.14. The number of nitrogens with zero attached hydrogens (tertiary/aromatic N) is 3. The molecule has 0 spiro atoms. The van der Waals surface area contributed by atoms with E-state index in [0.29, 0.717) is 29.9 Å². The molecule has 0 aliphatic heterocycles. The molecule has 0 saturated heterocycles. The number of hydrogen-bond donors (Lipinski definition) is 1. The zero-order valence-electron chi connectivity index (χ0n) is 11.5. The lowest BCUT2D eigenvalue weighted by atomic mass is 10.1. The molecule has 2 aromatic rings. The van der Waals surface area contributed by atoms with Crippen LogP contribution in [0.25, 0.3) is 0 Å². The van der Waals surface area contributed by atoms with Gasteiger partial charge in [0.05, 0.1) is 13.3 Å². The summed E-state index contributed by atoms with van der Waals surface area (Å²) < 4.78 is 5.03. The van der Waals surface area contributed by atoms with Gasteiger partial charge >= 0.3 is 6.01 Å². The van der Waals surface area contributed by atoms with E-state index in [-0.39, 0.29) is 0 Å². The van der Waals surface area contributed by atoms with Crippen LogP contribution in [0.4, 0.5) is 5.82 Å². The van der Waals surface area contributed by atoms with Gasteiger partial charge in [0.1, 0.15) is 5.02 Å². The lowest BCUT2D eigenvalue weighted by molar-refractivity contribution is 0.380. The molecular formula is C14H17ClN4O. The third-order valence-corrected chi connectivity index (χ3v) is 3.26. The van der Waals surface area contributed by atoms with E-state index in [1.165, 1.54) is 13.3 Å². The SMILES string of the molecule is COc1ncc(Cl)c(N(C)Cc2ccccc2CN)n1. The molecule has 106 valence electrons. The molecule has 0 amide bonds. The predicted molar refractivity (Wildman–Crippen MR) is 80.0 cm³/mol. The zero-order chi connectivity index (χ0) is 14.5. The third-order valence-electron chi connectivity index (χ3n) is 2.99. The van der Waals surface area contributed by atoms with Gasteiger partial charge in [-0.1, -0.05) is 35.9 Å². The first-order valence-electron chi connectivity index (χ1n) is 6.20. The first-order valence-corrected chi connectivity index (χ1v) is 6.58. The van der Waals surface area contributed by atoms with E-state index in [1.54, 1.807) is 0 Å². The highest BCUT2D eigenvalue weighted by Crippen LogP contribution is 2.25. The summed E-state index contributed by atoms with van der Waals surface area (Å²) in [5, 5.41) is 0.485. The number of nitrogens with two attached hydrogens (primary N) is 1. The molecule has 0 unspecified atom stereocenters. The Morgan fingerprint density at radius 1 is 1.30 bits per heavy atom. The third kappa shape index (κ3) is 3.18. The molecule has 2 N–H and O–H groups in total. The minimum Gasteiger partial charge on any atom is -0.467 e. The fraction of sp³-hybridized carbons (Fsp3) is 0.286. The quantitative estimate of drug-likeness (QED) is 0.915. The van der Waals surface area contributed by atoms with E-state index < -0.39 is 0 Å². The normalized spacial score (nSPS) is 10.4. The summed E-state index contributed by atoms with van der Waals surface area (Å²) in [7, 11) is 3.44. The van der Waals surface area contributed by atoms with Gasteiger partial charge in [0.25, 0.3) is 0 Å². The van der Waals surface area contributed by atoms with Crippen LogP contribution in [0.3, 0.4) is 0 Å². The number of benzene rings is 1. The van der Waals surface area contributed by atoms with Crippen molar-refractivity contribution in [3.8, 4) is 6.01 Å². The number of halogens is 1. The average Bonchev–Trinajstić information content (AvgIpc) is 2.48. The molecule has 0 bridgehead atoms. The molecule has 0 aliphatic rings. The second kappa shape index (κ2) is 6.54. The van der Waals surface area contributed by atoms with Crippen molar-refractivity contribution < 1.29 is 4.74 Å². The predicted octanol–water partition coefficient (Wildman–Crippen LogP) is 2.23. The van der Waals surface area contributed by atoms with E-state index in [0.717, 1.165) is 11.1 Å². The maximum Gasteiger partial charge on any atom is 0.318 e. The Labute approximate surface area is 123 Å². The summed E-state index contributed by atoms with van der Waals surface area (Å²) in [6, 6.07) is 8.33. The summed E-state index contributed by atoms with van der Waals surface area (Å²) in [6.07, 6.45) is 1.54. The van der Waals surface area contributed by atoms with Gasteiger partial charge < -0.3 is 15.4 Å². The molecule has 20 heavy (non-hydrogen) atoms. The first-order chi connectivity index (χ1) is 9.65. The fourth-order valence-electron chi connectivity index (χ4n) is 1.95. The second-order valence-corrected chi connectivity index (χ2v) is 4.76. The fourth-order valence-corrected chi connectivity index (χ4v) is 2.19. The van der Waals surface area contributed by atoms with Gasteiger partial charge in [-0.05, 0) is 11.1 Å². The molecule has 0 radical (unpaired) electrons. The van der Waals surface area contributed by atoms with Crippen LogP contribution in [0.2, 0.25) is 5.02 Å². The van der Waals surface area contributed by atoms with Crippen molar-refractivity contribution in [2.45, 2.75) is 13.1 Å². The van der Waals surface area contributed by atoms with Crippen molar-refractivity contribution in [2.24, 2.45) is 5.73 Å². The van der Waals surface area contributed by atoms with Crippen LogP contribution in [0.5, 0.6) is 6.01 Å². The highest BCUT2D eigenvalue weighted by Gasteiger charge is 2.12. The summed E-state index contributed by atoms with van der Waals surface area (Å²) in [5.74, 6) is 0.630. The van der Waals surface area contributed by atoms with Gasteiger partial charge in [0.15, 0.2) is 5.82 Å². The number of rotatable bonds is 5. The smallest absolute Gasteiger partial charge is 0.318 e. The van der Waals surface area contributed by atoms with Gasteiger partial charge in [-0.15, -0.1) is 0 Å². The van der Waals surface area contributed by atoms with Crippen LogP contribution in [-0.4, -0.2) is 24.1 Å². The van der Waals surface area contributed by atoms with Crippen LogP contribution in [0.15, 0.2) is 30.5 Å². The summed E-state index contributed by atoms with van der Waals surface area (Å²) in [4.78, 5) is 10.2. The Morgan fingerprint density at radius 3 is 2.65 bits per heavy atom. The van der Waals surface area contributed by atoms with E-state index in [1.807, 2.05) is 36.2 Å². The molecule has 1 heterocycles. The molecule has 0 atom stereocenters. The number of hydrogen-bond acceptors (Lipinski definition) is 5. The standard InChI is InChI=1S/C14H17ClN4O/c1-19(9-11-6-4-3-5-10(11)7-16)13-12(15)8-17-14(18-13)20-2/h3-6,8H,7,9,16H2,1-2H3. The van der Waals surface area contributed by atoms with Gasteiger partial charge in [-0.2, -0.15) is 4.98 Å².